The van der Waals surface area contributed by atoms with Gasteiger partial charge in [-0.2, -0.15) is 0 Å². The van der Waals surface area contributed by atoms with Crippen LogP contribution in [0.4, 0.5) is 0 Å². The lowest BCUT2D eigenvalue weighted by molar-refractivity contribution is -0.152. The van der Waals surface area contributed by atoms with Crippen LogP contribution >= 0.6 is 0 Å². The fraction of sp³-hybridized carbons (Fsp3) is 0.762. The number of nitrogens with one attached hydrogen (secondary N) is 1. The molecule has 1 atom stereocenters. The summed E-state index contributed by atoms with van der Waals surface area (Å²) in [5.41, 5.74) is -0.0102. The Kier molecular flexibility index (Phi) is 6.43. The summed E-state index contributed by atoms with van der Waals surface area (Å²) in [6.45, 7) is 9.17. The van der Waals surface area contributed by atoms with Crippen molar-refractivity contribution < 1.29 is 19.1 Å². The monoisotopic (exact) mass is 391 g/mol. The average Bonchev–Trinajstić information content (AvgIpc) is 2.90. The van der Waals surface area contributed by atoms with Gasteiger partial charge in [0.2, 0.25) is 5.91 Å². The fourth-order valence-corrected chi connectivity index (χ4v) is 4.72. The fourth-order valence-electron chi connectivity index (χ4n) is 4.72. The number of carbonyl (C=O) groups excluding carboxylic acids is 3. The van der Waals surface area contributed by atoms with Crippen LogP contribution in [0.3, 0.4) is 0 Å². The molecule has 0 aromatic rings. The summed E-state index contributed by atoms with van der Waals surface area (Å²) in [6.07, 6.45) is 5.65. The maximum Gasteiger partial charge on any atom is 0.335 e. The summed E-state index contributed by atoms with van der Waals surface area (Å²) in [5, 5.41) is 3.00. The first-order valence-electron chi connectivity index (χ1n) is 10.6. The molecule has 1 spiro atoms. The molecule has 0 bridgehead atoms. The number of piperidine rings is 2. The van der Waals surface area contributed by atoms with Crippen molar-refractivity contribution in [3.05, 3.63) is 11.1 Å². The van der Waals surface area contributed by atoms with Crippen molar-refractivity contribution in [1.29, 1.82) is 0 Å². The van der Waals surface area contributed by atoms with Crippen LogP contribution in [-0.4, -0.2) is 72.0 Å². The van der Waals surface area contributed by atoms with E-state index in [0.717, 1.165) is 19.5 Å². The molecule has 0 aliphatic carbocycles. The normalized spacial score (nSPS) is 25.2. The number of esters is 1. The van der Waals surface area contributed by atoms with Gasteiger partial charge in [0.1, 0.15) is 5.60 Å². The van der Waals surface area contributed by atoms with Crippen LogP contribution in [-0.2, 0) is 19.1 Å². The number of likely N-dealkylation sites (tertiary alicyclic amines) is 2. The molecule has 3 aliphatic heterocycles. The molecule has 0 radical (unpaired) electrons. The summed E-state index contributed by atoms with van der Waals surface area (Å²) >= 11 is 0. The second-order valence-electron chi connectivity index (χ2n) is 8.38. The summed E-state index contributed by atoms with van der Waals surface area (Å²) in [7, 11) is 0. The van der Waals surface area contributed by atoms with Gasteiger partial charge in [-0.05, 0) is 39.7 Å². The van der Waals surface area contributed by atoms with Crippen molar-refractivity contribution in [3.63, 3.8) is 0 Å². The maximum absolute atomic E-state index is 12.9. The molecule has 2 saturated heterocycles. The lowest BCUT2D eigenvalue weighted by Crippen LogP contribution is -2.50. The first-order chi connectivity index (χ1) is 13.3. The minimum absolute atomic E-state index is 0.0119. The number of carbonyl (C=O) groups is 3. The Morgan fingerprint density at radius 2 is 1.93 bits per heavy atom. The number of hydrogen-bond acceptors (Lipinski definition) is 5. The number of amides is 2. The van der Waals surface area contributed by atoms with E-state index in [1.807, 2.05) is 0 Å². The van der Waals surface area contributed by atoms with Crippen LogP contribution in [0, 0.1) is 0 Å². The number of ether oxygens (including phenoxy) is 1. The van der Waals surface area contributed by atoms with Gasteiger partial charge >= 0.3 is 5.97 Å². The van der Waals surface area contributed by atoms with Crippen LogP contribution in [0.15, 0.2) is 11.1 Å². The molecule has 2 fully saturated rings. The second-order valence-corrected chi connectivity index (χ2v) is 8.38. The van der Waals surface area contributed by atoms with Gasteiger partial charge in [0, 0.05) is 57.6 Å². The van der Waals surface area contributed by atoms with Crippen LogP contribution in [0.1, 0.15) is 59.3 Å². The van der Waals surface area contributed by atoms with Crippen LogP contribution in [0.2, 0.25) is 0 Å². The smallest absolute Gasteiger partial charge is 0.335 e. The lowest BCUT2D eigenvalue weighted by Gasteiger charge is -2.39. The Labute approximate surface area is 167 Å². The Balaban J connectivity index is 1.56. The molecule has 156 valence electrons. The van der Waals surface area contributed by atoms with Crippen LogP contribution in [0.25, 0.3) is 0 Å². The zero-order valence-corrected chi connectivity index (χ0v) is 17.4. The molecular weight excluding hydrogens is 358 g/mol. The SMILES string of the molecule is CC(=O)N1CCC2(CC1)OC(=O)C(C)=C2C(=O)NCCCN1CCCCC1C. The van der Waals surface area contributed by atoms with Crippen molar-refractivity contribution in [2.45, 2.75) is 70.9 Å². The molecular formula is C21H33N3O4. The first kappa shape index (κ1) is 20.8. The average molecular weight is 392 g/mol. The predicted molar refractivity (Wildman–Crippen MR) is 106 cm³/mol. The highest BCUT2D eigenvalue weighted by atomic mass is 16.6. The van der Waals surface area contributed by atoms with Gasteiger partial charge in [0.15, 0.2) is 0 Å². The van der Waals surface area contributed by atoms with E-state index in [1.54, 1.807) is 11.8 Å². The van der Waals surface area contributed by atoms with Gasteiger partial charge in [0.05, 0.1) is 5.57 Å². The minimum atomic E-state index is -0.876. The highest BCUT2D eigenvalue weighted by Gasteiger charge is 2.50. The van der Waals surface area contributed by atoms with E-state index in [-0.39, 0.29) is 11.8 Å². The Hall–Kier alpha value is -1.89. The van der Waals surface area contributed by atoms with Crippen molar-refractivity contribution in [2.75, 3.05) is 32.7 Å². The molecule has 1 N–H and O–H groups in total. The zero-order valence-electron chi connectivity index (χ0n) is 17.4. The Morgan fingerprint density at radius 3 is 2.57 bits per heavy atom. The van der Waals surface area contributed by atoms with Gasteiger partial charge in [0.25, 0.3) is 5.91 Å². The van der Waals surface area contributed by atoms with Gasteiger partial charge < -0.3 is 19.9 Å². The molecule has 3 rings (SSSR count). The lowest BCUT2D eigenvalue weighted by atomic mass is 9.82. The van der Waals surface area contributed by atoms with Gasteiger partial charge in [-0.15, -0.1) is 0 Å². The minimum Gasteiger partial charge on any atom is -0.450 e. The zero-order chi connectivity index (χ0) is 20.3. The first-order valence-corrected chi connectivity index (χ1v) is 10.6. The van der Waals surface area contributed by atoms with E-state index in [1.165, 1.54) is 26.2 Å². The highest BCUT2D eigenvalue weighted by Crippen LogP contribution is 2.41. The van der Waals surface area contributed by atoms with E-state index < -0.39 is 11.6 Å². The Morgan fingerprint density at radius 1 is 1.21 bits per heavy atom. The van der Waals surface area contributed by atoms with Gasteiger partial charge in [-0.1, -0.05) is 6.42 Å². The largest absolute Gasteiger partial charge is 0.450 e. The van der Waals surface area contributed by atoms with Crippen molar-refractivity contribution in [1.82, 2.24) is 15.1 Å². The summed E-state index contributed by atoms with van der Waals surface area (Å²) < 4.78 is 5.66. The molecule has 7 nitrogen and oxygen atoms in total. The van der Waals surface area contributed by atoms with Crippen LogP contribution in [0.5, 0.6) is 0 Å². The summed E-state index contributed by atoms with van der Waals surface area (Å²) in [4.78, 5) is 40.9. The summed E-state index contributed by atoms with van der Waals surface area (Å²) in [6, 6.07) is 0.616. The summed E-state index contributed by atoms with van der Waals surface area (Å²) in [5.74, 6) is -0.604. The molecule has 28 heavy (non-hydrogen) atoms. The number of nitrogens with zero attached hydrogens (tertiary/aromatic N) is 2. The molecule has 0 aromatic carbocycles. The molecule has 3 heterocycles. The third kappa shape index (κ3) is 4.24. The molecule has 0 aromatic heterocycles. The molecule has 2 amide bonds. The molecule has 0 saturated carbocycles. The molecule has 3 aliphatic rings. The van der Waals surface area contributed by atoms with Gasteiger partial charge in [-0.3, -0.25) is 9.59 Å². The van der Waals surface area contributed by atoms with E-state index in [4.69, 9.17) is 4.74 Å². The van der Waals surface area contributed by atoms with Crippen molar-refractivity contribution >= 4 is 17.8 Å². The molecule has 1 unspecified atom stereocenters. The van der Waals surface area contributed by atoms with Crippen molar-refractivity contribution in [2.24, 2.45) is 0 Å². The number of hydrogen-bond donors (Lipinski definition) is 1. The highest BCUT2D eigenvalue weighted by molar-refractivity contribution is 6.07. The molecule has 7 heteroatoms. The van der Waals surface area contributed by atoms with Crippen LogP contribution < -0.4 is 5.32 Å². The number of rotatable bonds is 5. The van der Waals surface area contributed by atoms with Crippen molar-refractivity contribution in [3.8, 4) is 0 Å². The van der Waals surface area contributed by atoms with E-state index in [0.29, 0.717) is 49.7 Å². The second kappa shape index (κ2) is 8.64. The maximum atomic E-state index is 12.9. The van der Waals surface area contributed by atoms with E-state index >= 15 is 0 Å². The van der Waals surface area contributed by atoms with E-state index in [2.05, 4.69) is 17.1 Å². The third-order valence-corrected chi connectivity index (χ3v) is 6.52. The van der Waals surface area contributed by atoms with E-state index in [9.17, 15) is 14.4 Å². The Bertz CT molecular complexity index is 665. The topological polar surface area (TPSA) is 78.9 Å². The quantitative estimate of drug-likeness (QED) is 0.569. The standard InChI is InChI=1S/C21H33N3O4/c1-15-7-4-5-11-23(15)12-6-10-22-19(26)18-16(2)20(27)28-21(18)8-13-24(14-9-21)17(3)25/h15H,4-14H2,1-3H3,(H,22,26). The van der Waals surface area contributed by atoms with Gasteiger partial charge in [-0.25, -0.2) is 4.79 Å². The third-order valence-electron chi connectivity index (χ3n) is 6.52. The predicted octanol–water partition coefficient (Wildman–Crippen LogP) is 1.62.